The van der Waals surface area contributed by atoms with Crippen LogP contribution in [0.25, 0.3) is 5.82 Å². The largest absolute Gasteiger partial charge is 0.486 e. The van der Waals surface area contributed by atoms with Gasteiger partial charge in [0.05, 0.1) is 12.1 Å². The number of ether oxygens (including phenoxy) is 2. The van der Waals surface area contributed by atoms with Gasteiger partial charge >= 0.3 is 0 Å². The second-order valence-electron chi connectivity index (χ2n) is 5.58. The minimum Gasteiger partial charge on any atom is -0.486 e. The molecular formula is C18H16N4O3. The summed E-state index contributed by atoms with van der Waals surface area (Å²) >= 11 is 0. The van der Waals surface area contributed by atoms with E-state index >= 15 is 0 Å². The summed E-state index contributed by atoms with van der Waals surface area (Å²) in [5, 5.41) is 2.85. The van der Waals surface area contributed by atoms with Crippen molar-refractivity contribution in [3.63, 3.8) is 0 Å². The van der Waals surface area contributed by atoms with Crippen LogP contribution in [0.5, 0.6) is 11.5 Å². The number of imidazole rings is 1. The fourth-order valence-corrected chi connectivity index (χ4v) is 2.54. The molecule has 1 atom stereocenters. The van der Waals surface area contributed by atoms with Gasteiger partial charge in [-0.15, -0.1) is 0 Å². The van der Waals surface area contributed by atoms with Crippen LogP contribution in [-0.2, 0) is 0 Å². The number of carbonyl (C=O) groups excluding carboxylic acids is 1. The molecule has 1 aliphatic heterocycles. The summed E-state index contributed by atoms with van der Waals surface area (Å²) in [6, 6.07) is 11.0. The van der Waals surface area contributed by atoms with Crippen molar-refractivity contribution in [2.45, 2.75) is 6.10 Å². The topological polar surface area (TPSA) is 78.3 Å². The highest BCUT2D eigenvalue weighted by Gasteiger charge is 2.21. The number of hydrogen-bond acceptors (Lipinski definition) is 5. The Morgan fingerprint density at radius 3 is 2.88 bits per heavy atom. The molecule has 25 heavy (non-hydrogen) atoms. The molecule has 126 valence electrons. The molecule has 1 aromatic carbocycles. The van der Waals surface area contributed by atoms with Gasteiger partial charge in [0.25, 0.3) is 5.91 Å². The number of rotatable bonds is 4. The molecule has 4 rings (SSSR count). The number of nitrogens with zero attached hydrogens (tertiary/aromatic N) is 3. The van der Waals surface area contributed by atoms with E-state index in [1.54, 1.807) is 35.4 Å². The lowest BCUT2D eigenvalue weighted by atomic mass is 10.2. The molecule has 7 heteroatoms. The Hall–Kier alpha value is -3.35. The number of carbonyl (C=O) groups is 1. The molecule has 7 nitrogen and oxygen atoms in total. The quantitative estimate of drug-likeness (QED) is 0.786. The first kappa shape index (κ1) is 15.2. The van der Waals surface area contributed by atoms with E-state index in [0.29, 0.717) is 30.3 Å². The molecule has 0 unspecified atom stereocenters. The molecule has 3 heterocycles. The predicted octanol–water partition coefficient (Wildman–Crippen LogP) is 1.84. The van der Waals surface area contributed by atoms with Crippen molar-refractivity contribution in [2.75, 3.05) is 13.2 Å². The summed E-state index contributed by atoms with van der Waals surface area (Å²) in [5.74, 6) is 1.92. The van der Waals surface area contributed by atoms with Crippen molar-refractivity contribution >= 4 is 5.91 Å². The van der Waals surface area contributed by atoms with Crippen molar-refractivity contribution < 1.29 is 14.3 Å². The van der Waals surface area contributed by atoms with E-state index in [4.69, 9.17) is 9.47 Å². The van der Waals surface area contributed by atoms with Crippen molar-refractivity contribution in [1.82, 2.24) is 19.9 Å². The van der Waals surface area contributed by atoms with Crippen LogP contribution in [0.2, 0.25) is 0 Å². The molecule has 0 radical (unpaired) electrons. The Morgan fingerprint density at radius 1 is 1.24 bits per heavy atom. The van der Waals surface area contributed by atoms with E-state index in [9.17, 15) is 4.79 Å². The molecule has 0 saturated carbocycles. The molecule has 0 saturated heterocycles. The fourth-order valence-electron chi connectivity index (χ4n) is 2.54. The average Bonchev–Trinajstić information content (AvgIpc) is 3.21. The highest BCUT2D eigenvalue weighted by atomic mass is 16.6. The molecule has 1 N–H and O–H groups in total. The van der Waals surface area contributed by atoms with Crippen LogP contribution in [0.15, 0.2) is 61.3 Å². The third-order valence-corrected chi connectivity index (χ3v) is 3.84. The van der Waals surface area contributed by atoms with E-state index in [0.717, 1.165) is 5.75 Å². The summed E-state index contributed by atoms with van der Waals surface area (Å²) in [5.41, 5.74) is 0.487. The Kier molecular flexibility index (Phi) is 4.04. The van der Waals surface area contributed by atoms with Crippen molar-refractivity contribution in [3.8, 4) is 17.3 Å². The van der Waals surface area contributed by atoms with Crippen molar-refractivity contribution in [1.29, 1.82) is 0 Å². The lowest BCUT2D eigenvalue weighted by molar-refractivity contribution is 0.0789. The number of nitrogens with one attached hydrogen (secondary N) is 1. The van der Waals surface area contributed by atoms with Crippen LogP contribution in [-0.4, -0.2) is 39.7 Å². The molecule has 1 aliphatic rings. The van der Waals surface area contributed by atoms with Gasteiger partial charge < -0.3 is 14.8 Å². The molecule has 0 aliphatic carbocycles. The molecule has 0 spiro atoms. The van der Waals surface area contributed by atoms with Gasteiger partial charge in [0.15, 0.2) is 11.5 Å². The third kappa shape index (κ3) is 3.30. The zero-order valence-corrected chi connectivity index (χ0v) is 13.3. The minimum atomic E-state index is -0.225. The fraction of sp³-hybridized carbons (Fsp3) is 0.167. The van der Waals surface area contributed by atoms with Gasteiger partial charge in [-0.25, -0.2) is 9.97 Å². The maximum Gasteiger partial charge on any atom is 0.252 e. The monoisotopic (exact) mass is 336 g/mol. The highest BCUT2D eigenvalue weighted by Crippen LogP contribution is 2.30. The number of benzene rings is 1. The standard InChI is InChI=1S/C18H16N4O3/c23-18(13-5-6-17(20-9-13)22-8-7-19-12-22)21-10-14-11-24-15-3-1-2-4-16(15)25-14/h1-9,12,14H,10-11H2,(H,21,23)/t14-/m0/s1. The van der Waals surface area contributed by atoms with Crippen LogP contribution in [0, 0.1) is 0 Å². The second kappa shape index (κ2) is 6.64. The minimum absolute atomic E-state index is 0.202. The maximum atomic E-state index is 12.3. The Morgan fingerprint density at radius 2 is 2.12 bits per heavy atom. The van der Waals surface area contributed by atoms with Gasteiger partial charge in [0.1, 0.15) is 24.9 Å². The van der Waals surface area contributed by atoms with Gasteiger partial charge in [-0.05, 0) is 24.3 Å². The smallest absolute Gasteiger partial charge is 0.252 e. The SMILES string of the molecule is O=C(NC[C@H]1COc2ccccc2O1)c1ccc(-n2ccnc2)nc1. The highest BCUT2D eigenvalue weighted by molar-refractivity contribution is 5.93. The van der Waals surface area contributed by atoms with Crippen molar-refractivity contribution in [2.24, 2.45) is 0 Å². The molecular weight excluding hydrogens is 320 g/mol. The first-order valence-electron chi connectivity index (χ1n) is 7.91. The summed E-state index contributed by atoms with van der Waals surface area (Å²) in [4.78, 5) is 20.5. The maximum absolute atomic E-state index is 12.3. The molecule has 0 fully saturated rings. The average molecular weight is 336 g/mol. The molecule has 1 amide bonds. The zero-order valence-electron chi connectivity index (χ0n) is 13.3. The van der Waals surface area contributed by atoms with Crippen LogP contribution in [0.3, 0.4) is 0 Å². The number of fused-ring (bicyclic) bond motifs is 1. The molecule has 3 aromatic rings. The number of amides is 1. The number of hydrogen-bond donors (Lipinski definition) is 1. The van der Waals surface area contributed by atoms with E-state index in [1.165, 1.54) is 6.20 Å². The van der Waals surface area contributed by atoms with Gasteiger partial charge in [-0.3, -0.25) is 9.36 Å². The Balaban J connectivity index is 1.35. The van der Waals surface area contributed by atoms with Gasteiger partial charge in [0.2, 0.25) is 0 Å². The van der Waals surface area contributed by atoms with Gasteiger partial charge in [-0.2, -0.15) is 0 Å². The molecule has 0 bridgehead atoms. The van der Waals surface area contributed by atoms with E-state index in [-0.39, 0.29) is 12.0 Å². The van der Waals surface area contributed by atoms with Crippen LogP contribution < -0.4 is 14.8 Å². The Labute approximate surface area is 144 Å². The summed E-state index contributed by atoms with van der Waals surface area (Å²) in [7, 11) is 0. The first-order chi connectivity index (χ1) is 12.3. The first-order valence-corrected chi connectivity index (χ1v) is 7.91. The van der Waals surface area contributed by atoms with Crippen molar-refractivity contribution in [3.05, 3.63) is 66.9 Å². The second-order valence-corrected chi connectivity index (χ2v) is 5.58. The summed E-state index contributed by atoms with van der Waals surface area (Å²) in [6.45, 7) is 0.756. The van der Waals surface area contributed by atoms with Crippen LogP contribution in [0.1, 0.15) is 10.4 Å². The summed E-state index contributed by atoms with van der Waals surface area (Å²) < 4.78 is 13.2. The van der Waals surface area contributed by atoms with Crippen LogP contribution >= 0.6 is 0 Å². The van der Waals surface area contributed by atoms with E-state index in [2.05, 4.69) is 15.3 Å². The third-order valence-electron chi connectivity index (χ3n) is 3.84. The van der Waals surface area contributed by atoms with E-state index in [1.807, 2.05) is 24.3 Å². The van der Waals surface area contributed by atoms with Gasteiger partial charge in [-0.1, -0.05) is 12.1 Å². The number of para-hydroxylation sites is 2. The number of aromatic nitrogens is 3. The van der Waals surface area contributed by atoms with E-state index < -0.39 is 0 Å². The molecule has 2 aromatic heterocycles. The number of pyridine rings is 1. The van der Waals surface area contributed by atoms with Crippen LogP contribution in [0.4, 0.5) is 0 Å². The lowest BCUT2D eigenvalue weighted by Gasteiger charge is -2.26. The zero-order chi connectivity index (χ0) is 17.1. The Bertz CT molecular complexity index is 862. The lowest BCUT2D eigenvalue weighted by Crippen LogP contribution is -2.40. The summed E-state index contributed by atoms with van der Waals surface area (Å²) in [6.07, 6.45) is 6.43. The predicted molar refractivity (Wildman–Crippen MR) is 90.0 cm³/mol. The normalized spacial score (nSPS) is 15.6. The van der Waals surface area contributed by atoms with Gasteiger partial charge in [0, 0.05) is 18.6 Å².